The van der Waals surface area contributed by atoms with Crippen molar-refractivity contribution in [2.75, 3.05) is 0 Å². The average Bonchev–Trinajstić information content (AvgIpc) is 2.61. The summed E-state index contributed by atoms with van der Waals surface area (Å²) in [6.07, 6.45) is 2.86. The van der Waals surface area contributed by atoms with E-state index in [9.17, 15) is 14.0 Å². The van der Waals surface area contributed by atoms with E-state index in [0.717, 1.165) is 5.56 Å². The van der Waals surface area contributed by atoms with Crippen LogP contribution in [0.5, 0.6) is 0 Å². The molecular formula is C19H18FN3O2. The number of aromatic nitrogens is 2. The number of halogens is 1. The fourth-order valence-corrected chi connectivity index (χ4v) is 2.71. The van der Waals surface area contributed by atoms with E-state index >= 15 is 0 Å². The largest absolute Gasteiger partial charge is 0.345 e. The van der Waals surface area contributed by atoms with Crippen LogP contribution in [0.3, 0.4) is 0 Å². The lowest BCUT2D eigenvalue weighted by molar-refractivity contribution is 0.0923. The number of pyridine rings is 1. The SMILES string of the molecule is CC(C)C(NC(=O)c1cnc2ccccn2c1=O)c1ccc(F)cc1. The molecule has 1 aromatic carbocycles. The molecule has 128 valence electrons. The number of hydrogen-bond acceptors (Lipinski definition) is 3. The number of benzene rings is 1. The minimum absolute atomic E-state index is 0.0311. The first-order chi connectivity index (χ1) is 12.0. The maximum atomic E-state index is 13.1. The standard InChI is InChI=1S/C19H18FN3O2/c1-12(2)17(13-6-8-14(20)9-7-13)22-18(24)15-11-21-16-5-3-4-10-23(16)19(15)25/h3-12,17H,1-2H3,(H,22,24). The summed E-state index contributed by atoms with van der Waals surface area (Å²) in [5, 5.41) is 2.86. The Kier molecular flexibility index (Phi) is 4.61. The quantitative estimate of drug-likeness (QED) is 0.795. The molecule has 3 rings (SSSR count). The highest BCUT2D eigenvalue weighted by atomic mass is 19.1. The van der Waals surface area contributed by atoms with E-state index in [1.807, 2.05) is 13.8 Å². The molecule has 0 aliphatic rings. The molecular weight excluding hydrogens is 321 g/mol. The second-order valence-corrected chi connectivity index (χ2v) is 6.15. The highest BCUT2D eigenvalue weighted by Gasteiger charge is 2.21. The Hall–Kier alpha value is -3.02. The molecule has 0 fully saturated rings. The van der Waals surface area contributed by atoms with Crippen molar-refractivity contribution in [2.24, 2.45) is 5.92 Å². The van der Waals surface area contributed by atoms with Crippen LogP contribution >= 0.6 is 0 Å². The molecule has 1 amide bonds. The van der Waals surface area contributed by atoms with E-state index in [1.54, 1.807) is 36.5 Å². The molecule has 25 heavy (non-hydrogen) atoms. The highest BCUT2D eigenvalue weighted by Crippen LogP contribution is 2.22. The molecule has 0 spiro atoms. The van der Waals surface area contributed by atoms with Crippen LogP contribution in [-0.4, -0.2) is 15.3 Å². The predicted octanol–water partition coefficient (Wildman–Crippen LogP) is 2.96. The first kappa shape index (κ1) is 16.8. The number of fused-ring (bicyclic) bond motifs is 1. The summed E-state index contributed by atoms with van der Waals surface area (Å²) in [6, 6.07) is 10.8. The number of carbonyl (C=O) groups excluding carboxylic acids is 1. The Morgan fingerprint density at radius 1 is 1.16 bits per heavy atom. The summed E-state index contributed by atoms with van der Waals surface area (Å²) in [5.74, 6) is -0.779. The molecule has 1 N–H and O–H groups in total. The zero-order valence-corrected chi connectivity index (χ0v) is 13.9. The van der Waals surface area contributed by atoms with Crippen LogP contribution in [-0.2, 0) is 0 Å². The van der Waals surface area contributed by atoms with Crippen molar-refractivity contribution in [3.8, 4) is 0 Å². The van der Waals surface area contributed by atoms with Crippen molar-refractivity contribution in [1.29, 1.82) is 0 Å². The average molecular weight is 339 g/mol. The maximum Gasteiger partial charge on any atom is 0.270 e. The van der Waals surface area contributed by atoms with Crippen LogP contribution in [0.1, 0.15) is 35.8 Å². The van der Waals surface area contributed by atoms with Crippen molar-refractivity contribution >= 4 is 11.6 Å². The molecule has 0 bridgehead atoms. The van der Waals surface area contributed by atoms with E-state index in [0.29, 0.717) is 5.65 Å². The third kappa shape index (κ3) is 3.42. The molecule has 5 nitrogen and oxygen atoms in total. The maximum absolute atomic E-state index is 13.1. The van der Waals surface area contributed by atoms with E-state index < -0.39 is 11.5 Å². The second-order valence-electron chi connectivity index (χ2n) is 6.15. The number of carbonyl (C=O) groups is 1. The lowest BCUT2D eigenvalue weighted by Crippen LogP contribution is -2.36. The van der Waals surface area contributed by atoms with Crippen molar-refractivity contribution < 1.29 is 9.18 Å². The van der Waals surface area contributed by atoms with Gasteiger partial charge in [0.05, 0.1) is 6.04 Å². The van der Waals surface area contributed by atoms with E-state index in [1.165, 1.54) is 22.7 Å². The van der Waals surface area contributed by atoms with E-state index in [-0.39, 0.29) is 23.3 Å². The minimum Gasteiger partial charge on any atom is -0.345 e. The monoisotopic (exact) mass is 339 g/mol. The van der Waals surface area contributed by atoms with Gasteiger partial charge in [-0.05, 0) is 35.7 Å². The van der Waals surface area contributed by atoms with Crippen LogP contribution < -0.4 is 10.9 Å². The van der Waals surface area contributed by atoms with Gasteiger partial charge in [0.2, 0.25) is 0 Å². The summed E-state index contributed by atoms with van der Waals surface area (Å²) in [6.45, 7) is 3.89. The van der Waals surface area contributed by atoms with Gasteiger partial charge in [0.15, 0.2) is 0 Å². The normalized spacial score (nSPS) is 12.3. The molecule has 1 atom stereocenters. The minimum atomic E-state index is -0.501. The van der Waals surface area contributed by atoms with Crippen molar-refractivity contribution in [2.45, 2.75) is 19.9 Å². The molecule has 0 radical (unpaired) electrons. The van der Waals surface area contributed by atoms with Gasteiger partial charge >= 0.3 is 0 Å². The Bertz CT molecular complexity index is 964. The number of nitrogens with zero attached hydrogens (tertiary/aromatic N) is 2. The zero-order chi connectivity index (χ0) is 18.0. The third-order valence-electron chi connectivity index (χ3n) is 4.04. The first-order valence-corrected chi connectivity index (χ1v) is 8.00. The smallest absolute Gasteiger partial charge is 0.270 e. The molecule has 6 heteroatoms. The fourth-order valence-electron chi connectivity index (χ4n) is 2.71. The number of nitrogens with one attached hydrogen (secondary N) is 1. The number of hydrogen-bond donors (Lipinski definition) is 1. The predicted molar refractivity (Wildman–Crippen MR) is 92.9 cm³/mol. The Balaban J connectivity index is 1.93. The van der Waals surface area contributed by atoms with Gasteiger partial charge in [0.25, 0.3) is 11.5 Å². The molecule has 2 aromatic heterocycles. The molecule has 3 aromatic rings. The van der Waals surface area contributed by atoms with Crippen molar-refractivity contribution in [3.05, 3.63) is 82.2 Å². The summed E-state index contributed by atoms with van der Waals surface area (Å²) < 4.78 is 14.5. The topological polar surface area (TPSA) is 63.5 Å². The van der Waals surface area contributed by atoms with Crippen LogP contribution in [0.4, 0.5) is 4.39 Å². The Morgan fingerprint density at radius 3 is 2.56 bits per heavy atom. The van der Waals surface area contributed by atoms with Gasteiger partial charge in [0.1, 0.15) is 17.0 Å². The van der Waals surface area contributed by atoms with E-state index in [4.69, 9.17) is 0 Å². The van der Waals surface area contributed by atoms with Crippen LogP contribution in [0, 0.1) is 11.7 Å². The van der Waals surface area contributed by atoms with E-state index in [2.05, 4.69) is 10.3 Å². The zero-order valence-electron chi connectivity index (χ0n) is 13.9. The first-order valence-electron chi connectivity index (χ1n) is 8.00. The van der Waals surface area contributed by atoms with Crippen molar-refractivity contribution in [3.63, 3.8) is 0 Å². The van der Waals surface area contributed by atoms with Gasteiger partial charge in [-0.1, -0.05) is 32.0 Å². The van der Waals surface area contributed by atoms with Crippen LogP contribution in [0.2, 0.25) is 0 Å². The number of rotatable bonds is 4. The molecule has 0 aliphatic carbocycles. The van der Waals surface area contributed by atoms with Crippen molar-refractivity contribution in [1.82, 2.24) is 14.7 Å². The Labute approximate surface area is 144 Å². The van der Waals surface area contributed by atoms with Crippen LogP contribution in [0.25, 0.3) is 5.65 Å². The van der Waals surface area contributed by atoms with Gasteiger partial charge in [-0.25, -0.2) is 9.37 Å². The molecule has 2 heterocycles. The van der Waals surface area contributed by atoms with Crippen LogP contribution in [0.15, 0.2) is 59.7 Å². The lowest BCUT2D eigenvalue weighted by atomic mass is 9.95. The van der Waals surface area contributed by atoms with Gasteiger partial charge in [0, 0.05) is 12.4 Å². The highest BCUT2D eigenvalue weighted by molar-refractivity contribution is 5.94. The fraction of sp³-hybridized carbons (Fsp3) is 0.211. The summed E-state index contributed by atoms with van der Waals surface area (Å²) >= 11 is 0. The molecule has 0 saturated heterocycles. The molecule has 0 aliphatic heterocycles. The molecule has 0 saturated carbocycles. The molecule has 1 unspecified atom stereocenters. The van der Waals surface area contributed by atoms with Gasteiger partial charge in [-0.2, -0.15) is 0 Å². The third-order valence-corrected chi connectivity index (χ3v) is 4.04. The number of amides is 1. The lowest BCUT2D eigenvalue weighted by Gasteiger charge is -2.23. The van der Waals surface area contributed by atoms with Gasteiger partial charge in [-0.3, -0.25) is 14.0 Å². The van der Waals surface area contributed by atoms with Gasteiger partial charge < -0.3 is 5.32 Å². The second kappa shape index (κ2) is 6.84. The Morgan fingerprint density at radius 2 is 1.88 bits per heavy atom. The van der Waals surface area contributed by atoms with Gasteiger partial charge in [-0.15, -0.1) is 0 Å². The summed E-state index contributed by atoms with van der Waals surface area (Å²) in [4.78, 5) is 29.3. The summed E-state index contributed by atoms with van der Waals surface area (Å²) in [7, 11) is 0. The summed E-state index contributed by atoms with van der Waals surface area (Å²) in [5.41, 5.74) is 0.794.